The minimum absolute atomic E-state index is 0.0363. The lowest BCUT2D eigenvalue weighted by atomic mass is 9.32. The molecule has 0 saturated heterocycles. The van der Waals surface area contributed by atoms with Gasteiger partial charge in [-0.3, -0.25) is 0 Å². The molecule has 254 valence electrons. The third kappa shape index (κ3) is 3.56. The number of ether oxygens (including phenoxy) is 2. The standard InChI is InChI=1S/C52H28B2O2/c1-3-13-29(14-4-1)33-25-35-31-17-11-23-45-51(31)54(40-20-8-10-22-44(40)55-45)42-28-38-34(30-15-5-2-6-16-30)26-36-32-18-12-24-46-52(32)53(39-19-7-9-21-43(39)56-46)41-27-37(33)49(47(35)42)50(38)48(36)41/h1-28H. The summed E-state index contributed by atoms with van der Waals surface area (Å²) in [5.41, 5.74) is 17.7. The van der Waals surface area contributed by atoms with Gasteiger partial charge >= 0.3 is 0 Å². The zero-order chi connectivity index (χ0) is 36.2. The molecule has 0 radical (unpaired) electrons. The molecule has 0 fully saturated rings. The molecular formula is C52H28B2O2. The zero-order valence-electron chi connectivity index (χ0n) is 30.1. The molecule has 0 bridgehead atoms. The molecular weight excluding hydrogens is 678 g/mol. The summed E-state index contributed by atoms with van der Waals surface area (Å²) >= 11 is 0. The topological polar surface area (TPSA) is 18.5 Å². The Labute approximate surface area is 324 Å². The Morgan fingerprint density at radius 3 is 1.16 bits per heavy atom. The van der Waals surface area contributed by atoms with Gasteiger partial charge in [0.1, 0.15) is 23.0 Å². The van der Waals surface area contributed by atoms with Gasteiger partial charge < -0.3 is 9.47 Å². The fraction of sp³-hybridized carbons (Fsp3) is 0. The Balaban J connectivity index is 1.26. The van der Waals surface area contributed by atoms with Crippen LogP contribution in [0, 0.1) is 0 Å². The summed E-state index contributed by atoms with van der Waals surface area (Å²) < 4.78 is 13.4. The van der Waals surface area contributed by atoms with Gasteiger partial charge in [0.2, 0.25) is 0 Å². The largest absolute Gasteiger partial charge is 0.458 e. The smallest absolute Gasteiger partial charge is 0.252 e. The van der Waals surface area contributed by atoms with Crippen molar-refractivity contribution in [3.8, 4) is 67.5 Å². The van der Waals surface area contributed by atoms with E-state index in [1.807, 2.05) is 0 Å². The number of hydrogen-bond acceptors (Lipinski definition) is 2. The van der Waals surface area contributed by atoms with Crippen LogP contribution >= 0.6 is 0 Å². The molecule has 0 unspecified atom stereocenters. The average Bonchev–Trinajstić information content (AvgIpc) is 3.26. The Morgan fingerprint density at radius 2 is 0.696 bits per heavy atom. The molecule has 0 aliphatic carbocycles. The van der Waals surface area contributed by atoms with Gasteiger partial charge in [0.25, 0.3) is 13.4 Å². The predicted octanol–water partition coefficient (Wildman–Crippen LogP) is 9.12. The van der Waals surface area contributed by atoms with Crippen LogP contribution in [0.5, 0.6) is 23.0 Å². The first-order valence-corrected chi connectivity index (χ1v) is 19.6. The van der Waals surface area contributed by atoms with E-state index in [2.05, 4.69) is 170 Å². The lowest BCUT2D eigenvalue weighted by Crippen LogP contribution is -2.58. The van der Waals surface area contributed by atoms with E-state index in [1.165, 1.54) is 110 Å². The van der Waals surface area contributed by atoms with E-state index >= 15 is 0 Å². The third-order valence-corrected chi connectivity index (χ3v) is 13.1. The molecule has 56 heavy (non-hydrogen) atoms. The van der Waals surface area contributed by atoms with Gasteiger partial charge in [-0.25, -0.2) is 0 Å². The Hall–Kier alpha value is -7.03. The number of para-hydroxylation sites is 2. The van der Waals surface area contributed by atoms with Crippen LogP contribution in [0.4, 0.5) is 0 Å². The van der Waals surface area contributed by atoms with Crippen LogP contribution in [0.25, 0.3) is 76.8 Å². The second-order valence-corrected chi connectivity index (χ2v) is 15.8. The van der Waals surface area contributed by atoms with Gasteiger partial charge in [-0.1, -0.05) is 144 Å². The second kappa shape index (κ2) is 10.4. The molecule has 2 nitrogen and oxygen atoms in total. The molecule has 0 N–H and O–H groups in total. The van der Waals surface area contributed by atoms with Gasteiger partial charge in [-0.05, 0) is 135 Å². The van der Waals surface area contributed by atoms with Crippen LogP contribution in [0.3, 0.4) is 0 Å². The van der Waals surface area contributed by atoms with Crippen LogP contribution in [0.15, 0.2) is 170 Å². The highest BCUT2D eigenvalue weighted by atomic mass is 16.5. The first kappa shape index (κ1) is 29.3. The SMILES string of the molecule is c1ccc(-c2cc3c4c(cc5c(-c6ccccc6)cc6c7c(cc2c4c57)B2c4ccccc4Oc4cccc-6c42)B2c4ccccc4Oc4cccc-3c42)cc1. The molecule has 4 heterocycles. The molecule has 4 heteroatoms. The molecule has 0 saturated carbocycles. The number of hydrogen-bond donors (Lipinski definition) is 0. The minimum atomic E-state index is 0.0363. The molecule has 0 aromatic heterocycles. The summed E-state index contributed by atoms with van der Waals surface area (Å²) in [6.45, 7) is 0.0725. The molecule has 14 rings (SSSR count). The van der Waals surface area contributed by atoms with Gasteiger partial charge in [0.05, 0.1) is 0 Å². The number of benzene rings is 10. The van der Waals surface area contributed by atoms with Crippen LogP contribution in [0.2, 0.25) is 0 Å². The monoisotopic (exact) mass is 706 g/mol. The van der Waals surface area contributed by atoms with E-state index in [1.54, 1.807) is 0 Å². The van der Waals surface area contributed by atoms with E-state index < -0.39 is 0 Å². The lowest BCUT2D eigenvalue weighted by molar-refractivity contribution is 0.487. The molecule has 4 aliphatic rings. The van der Waals surface area contributed by atoms with E-state index in [-0.39, 0.29) is 13.4 Å². The van der Waals surface area contributed by atoms with Crippen molar-refractivity contribution >= 4 is 78.5 Å². The number of fused-ring (bicyclic) bond motifs is 8. The fourth-order valence-corrected chi connectivity index (χ4v) is 11.0. The quantitative estimate of drug-likeness (QED) is 0.132. The Kier molecular flexibility index (Phi) is 5.44. The molecule has 0 spiro atoms. The molecule has 10 aromatic rings. The lowest BCUT2D eigenvalue weighted by Gasteiger charge is -2.37. The van der Waals surface area contributed by atoms with Crippen molar-refractivity contribution in [2.24, 2.45) is 0 Å². The summed E-state index contributed by atoms with van der Waals surface area (Å²) in [7, 11) is 0. The maximum atomic E-state index is 6.72. The highest BCUT2D eigenvalue weighted by Crippen LogP contribution is 2.50. The second-order valence-electron chi connectivity index (χ2n) is 15.8. The predicted molar refractivity (Wildman–Crippen MR) is 234 cm³/mol. The summed E-state index contributed by atoms with van der Waals surface area (Å²) in [6, 6.07) is 62.7. The summed E-state index contributed by atoms with van der Waals surface area (Å²) in [6.07, 6.45) is 0. The van der Waals surface area contributed by atoms with Crippen molar-refractivity contribution in [2.45, 2.75) is 0 Å². The van der Waals surface area contributed by atoms with E-state index in [0.717, 1.165) is 23.0 Å². The minimum Gasteiger partial charge on any atom is -0.458 e. The van der Waals surface area contributed by atoms with Crippen molar-refractivity contribution in [3.63, 3.8) is 0 Å². The highest BCUT2D eigenvalue weighted by Gasteiger charge is 2.43. The number of rotatable bonds is 2. The van der Waals surface area contributed by atoms with Crippen molar-refractivity contribution in [1.29, 1.82) is 0 Å². The van der Waals surface area contributed by atoms with E-state index in [4.69, 9.17) is 9.47 Å². The molecule has 0 amide bonds. The van der Waals surface area contributed by atoms with Crippen LogP contribution in [-0.4, -0.2) is 13.4 Å². The fourth-order valence-electron chi connectivity index (χ4n) is 11.0. The first-order chi connectivity index (χ1) is 27.8. The average molecular weight is 706 g/mol. The van der Waals surface area contributed by atoms with Crippen molar-refractivity contribution in [2.75, 3.05) is 0 Å². The van der Waals surface area contributed by atoms with E-state index in [0.29, 0.717) is 0 Å². The van der Waals surface area contributed by atoms with Gasteiger partial charge in [-0.2, -0.15) is 0 Å². The van der Waals surface area contributed by atoms with Crippen LogP contribution < -0.4 is 42.3 Å². The maximum Gasteiger partial charge on any atom is 0.252 e. The molecule has 0 atom stereocenters. The Bertz CT molecular complexity index is 3150. The van der Waals surface area contributed by atoms with Gasteiger partial charge in [0, 0.05) is 0 Å². The maximum absolute atomic E-state index is 6.72. The van der Waals surface area contributed by atoms with Gasteiger partial charge in [0.15, 0.2) is 0 Å². The molecule has 10 aromatic carbocycles. The third-order valence-electron chi connectivity index (χ3n) is 13.1. The van der Waals surface area contributed by atoms with Crippen molar-refractivity contribution < 1.29 is 9.47 Å². The highest BCUT2D eigenvalue weighted by molar-refractivity contribution is 7.01. The Morgan fingerprint density at radius 1 is 0.286 bits per heavy atom. The zero-order valence-corrected chi connectivity index (χ0v) is 30.1. The summed E-state index contributed by atoms with van der Waals surface area (Å²) in [5.74, 6) is 3.77. The van der Waals surface area contributed by atoms with Crippen LogP contribution in [-0.2, 0) is 0 Å². The summed E-state index contributed by atoms with van der Waals surface area (Å²) in [4.78, 5) is 0. The normalized spacial score (nSPS) is 13.6. The summed E-state index contributed by atoms with van der Waals surface area (Å²) in [5, 5.41) is 8.01. The van der Waals surface area contributed by atoms with Crippen molar-refractivity contribution in [1.82, 2.24) is 0 Å². The van der Waals surface area contributed by atoms with Gasteiger partial charge in [-0.15, -0.1) is 0 Å². The first-order valence-electron chi connectivity index (χ1n) is 19.6. The van der Waals surface area contributed by atoms with Crippen molar-refractivity contribution in [3.05, 3.63) is 170 Å². The van der Waals surface area contributed by atoms with Crippen LogP contribution in [0.1, 0.15) is 0 Å². The molecule has 4 aliphatic heterocycles. The van der Waals surface area contributed by atoms with E-state index in [9.17, 15) is 0 Å².